The number of ether oxygens (including phenoxy) is 3. The summed E-state index contributed by atoms with van der Waals surface area (Å²) < 4.78 is 22.8. The Balaban J connectivity index is 1.46. The average Bonchev–Trinajstić information content (AvgIpc) is 2.70. The van der Waals surface area contributed by atoms with Crippen molar-refractivity contribution in [3.8, 4) is 11.5 Å². The van der Waals surface area contributed by atoms with Gasteiger partial charge in [-0.05, 0) is 49.2 Å². The molecular formula is C24H24O5. The van der Waals surface area contributed by atoms with Gasteiger partial charge >= 0.3 is 5.63 Å². The van der Waals surface area contributed by atoms with Crippen molar-refractivity contribution in [2.75, 3.05) is 13.7 Å². The summed E-state index contributed by atoms with van der Waals surface area (Å²) in [6.07, 6.45) is 4.67. The van der Waals surface area contributed by atoms with Crippen LogP contribution < -0.4 is 15.1 Å². The number of fused-ring (bicyclic) bond motifs is 2. The van der Waals surface area contributed by atoms with Crippen molar-refractivity contribution in [1.29, 1.82) is 0 Å². The highest BCUT2D eigenvalue weighted by atomic mass is 16.6. The van der Waals surface area contributed by atoms with Gasteiger partial charge in [0.05, 0.1) is 13.7 Å². The van der Waals surface area contributed by atoms with E-state index in [0.717, 1.165) is 34.4 Å². The Kier molecular flexibility index (Phi) is 5.16. The average molecular weight is 392 g/mol. The number of hydrogen-bond acceptors (Lipinski definition) is 5. The van der Waals surface area contributed by atoms with E-state index >= 15 is 0 Å². The molecule has 0 N–H and O–H groups in total. The zero-order valence-electron chi connectivity index (χ0n) is 16.8. The van der Waals surface area contributed by atoms with Gasteiger partial charge in [-0.25, -0.2) is 4.79 Å². The lowest BCUT2D eigenvalue weighted by Crippen LogP contribution is -2.48. The lowest BCUT2D eigenvalue weighted by Gasteiger charge is -2.39. The third kappa shape index (κ3) is 4.20. The quantitative estimate of drug-likeness (QED) is 0.593. The van der Waals surface area contributed by atoms with Crippen molar-refractivity contribution in [1.82, 2.24) is 0 Å². The summed E-state index contributed by atoms with van der Waals surface area (Å²) in [5, 5.41) is 0.879. The topological polar surface area (TPSA) is 57.9 Å². The van der Waals surface area contributed by atoms with Crippen molar-refractivity contribution in [3.05, 3.63) is 76.2 Å². The largest absolute Gasteiger partial charge is 0.497 e. The van der Waals surface area contributed by atoms with Crippen molar-refractivity contribution in [2.24, 2.45) is 0 Å². The van der Waals surface area contributed by atoms with Crippen molar-refractivity contribution in [2.45, 2.75) is 32.0 Å². The maximum absolute atomic E-state index is 11.5. The molecular weight excluding hydrogens is 368 g/mol. The smallest absolute Gasteiger partial charge is 0.336 e. The lowest BCUT2D eigenvalue weighted by atomic mass is 9.90. The number of benzene rings is 2. The van der Waals surface area contributed by atoms with Crippen LogP contribution in [0.25, 0.3) is 17.0 Å². The van der Waals surface area contributed by atoms with Crippen LogP contribution in [0.15, 0.2) is 63.8 Å². The molecule has 0 saturated carbocycles. The Bertz CT molecular complexity index is 1090. The molecule has 0 radical (unpaired) electrons. The summed E-state index contributed by atoms with van der Waals surface area (Å²) >= 11 is 0. The van der Waals surface area contributed by atoms with Gasteiger partial charge in [0.1, 0.15) is 28.8 Å². The first kappa shape index (κ1) is 19.3. The van der Waals surface area contributed by atoms with E-state index in [9.17, 15) is 4.79 Å². The summed E-state index contributed by atoms with van der Waals surface area (Å²) in [7, 11) is 1.66. The van der Waals surface area contributed by atoms with Gasteiger partial charge in [-0.15, -0.1) is 0 Å². The molecule has 0 bridgehead atoms. The molecule has 1 atom stereocenters. The highest BCUT2D eigenvalue weighted by molar-refractivity contribution is 5.79. The van der Waals surface area contributed by atoms with Gasteiger partial charge in [-0.1, -0.05) is 24.3 Å². The maximum Gasteiger partial charge on any atom is 0.336 e. The molecule has 3 aromatic rings. The van der Waals surface area contributed by atoms with E-state index in [1.54, 1.807) is 19.2 Å². The second kappa shape index (κ2) is 7.76. The fourth-order valence-corrected chi connectivity index (χ4v) is 3.52. The first-order valence-corrected chi connectivity index (χ1v) is 9.62. The van der Waals surface area contributed by atoms with Gasteiger partial charge in [-0.2, -0.15) is 0 Å². The fraction of sp³-hybridized carbons (Fsp3) is 0.292. The first-order chi connectivity index (χ1) is 13.9. The van der Waals surface area contributed by atoms with E-state index in [1.807, 2.05) is 56.3 Å². The zero-order chi connectivity index (χ0) is 20.4. The summed E-state index contributed by atoms with van der Waals surface area (Å²) in [5.74, 6) is 1.58. The molecule has 2 aromatic carbocycles. The highest BCUT2D eigenvalue weighted by Crippen LogP contribution is 2.37. The van der Waals surface area contributed by atoms with E-state index in [4.69, 9.17) is 18.6 Å². The van der Waals surface area contributed by atoms with Crippen LogP contribution in [0.2, 0.25) is 0 Å². The second-order valence-corrected chi connectivity index (χ2v) is 7.66. The monoisotopic (exact) mass is 392 g/mol. The molecule has 0 spiro atoms. The van der Waals surface area contributed by atoms with Gasteiger partial charge in [0.25, 0.3) is 0 Å². The Morgan fingerprint density at radius 3 is 2.69 bits per heavy atom. The molecule has 1 aliphatic rings. The molecule has 2 heterocycles. The fourth-order valence-electron chi connectivity index (χ4n) is 3.52. The molecule has 1 aliphatic heterocycles. The van der Waals surface area contributed by atoms with E-state index in [0.29, 0.717) is 12.2 Å². The molecule has 29 heavy (non-hydrogen) atoms. The maximum atomic E-state index is 11.5. The molecule has 1 aromatic heterocycles. The van der Waals surface area contributed by atoms with Crippen molar-refractivity contribution < 1.29 is 18.6 Å². The molecule has 0 aliphatic carbocycles. The first-order valence-electron chi connectivity index (χ1n) is 9.62. The minimum absolute atomic E-state index is 0.0938. The minimum Gasteiger partial charge on any atom is -0.497 e. The van der Waals surface area contributed by atoms with Gasteiger partial charge in [0, 0.05) is 23.9 Å². The van der Waals surface area contributed by atoms with Gasteiger partial charge in [-0.3, -0.25) is 0 Å². The summed E-state index contributed by atoms with van der Waals surface area (Å²) in [6, 6.07) is 14.9. The Morgan fingerprint density at radius 1 is 1.14 bits per heavy atom. The SMILES string of the molecule is COc1ccc(/C=C/CO[C@H]2Cc3cc4ccc(=O)oc4cc3OC2(C)C)cc1. The van der Waals surface area contributed by atoms with Crippen LogP contribution in [0.3, 0.4) is 0 Å². The third-order valence-corrected chi connectivity index (χ3v) is 5.18. The molecule has 4 rings (SSSR count). The van der Waals surface area contributed by atoms with E-state index in [2.05, 4.69) is 0 Å². The number of methoxy groups -OCH3 is 1. The normalized spacial score (nSPS) is 17.8. The summed E-state index contributed by atoms with van der Waals surface area (Å²) in [6.45, 7) is 4.51. The predicted molar refractivity (Wildman–Crippen MR) is 113 cm³/mol. The lowest BCUT2D eigenvalue weighted by molar-refractivity contribution is -0.0753. The third-order valence-electron chi connectivity index (χ3n) is 5.18. The Hall–Kier alpha value is -3.05. The summed E-state index contributed by atoms with van der Waals surface area (Å²) in [4.78, 5) is 11.5. The predicted octanol–water partition coefficient (Wildman–Crippen LogP) is 4.61. The van der Waals surface area contributed by atoms with Gasteiger partial charge < -0.3 is 18.6 Å². The Morgan fingerprint density at radius 2 is 1.93 bits per heavy atom. The zero-order valence-corrected chi connectivity index (χ0v) is 16.8. The van der Waals surface area contributed by atoms with Crippen LogP contribution in [0.4, 0.5) is 0 Å². The molecule has 0 saturated heterocycles. The van der Waals surface area contributed by atoms with Gasteiger partial charge in [0.15, 0.2) is 0 Å². The molecule has 5 nitrogen and oxygen atoms in total. The highest BCUT2D eigenvalue weighted by Gasteiger charge is 2.37. The number of hydrogen-bond donors (Lipinski definition) is 0. The Labute approximate surface area is 169 Å². The van der Waals surface area contributed by atoms with Crippen LogP contribution in [0, 0.1) is 0 Å². The molecule has 0 fully saturated rings. The van der Waals surface area contributed by atoms with E-state index < -0.39 is 5.60 Å². The molecule has 0 amide bonds. The molecule has 150 valence electrons. The van der Waals surface area contributed by atoms with Crippen LogP contribution >= 0.6 is 0 Å². The van der Waals surface area contributed by atoms with Crippen LogP contribution in [0.1, 0.15) is 25.0 Å². The molecule has 5 heteroatoms. The minimum atomic E-state index is -0.496. The van der Waals surface area contributed by atoms with Gasteiger partial charge in [0.2, 0.25) is 0 Å². The van der Waals surface area contributed by atoms with Crippen molar-refractivity contribution >= 4 is 17.0 Å². The van der Waals surface area contributed by atoms with Crippen molar-refractivity contribution in [3.63, 3.8) is 0 Å². The van der Waals surface area contributed by atoms with Crippen LogP contribution in [0.5, 0.6) is 11.5 Å². The van der Waals surface area contributed by atoms with Crippen LogP contribution in [-0.4, -0.2) is 25.4 Å². The van der Waals surface area contributed by atoms with E-state index in [1.165, 1.54) is 6.07 Å². The standard InChI is InChI=1S/C24H24O5/c1-24(2)22(27-12-4-5-16-6-9-19(26-3)10-7-16)14-18-13-17-8-11-23(25)28-20(17)15-21(18)29-24/h4-11,13,15,22H,12,14H2,1-3H3/b5-4+/t22-/m0/s1. The molecule has 0 unspecified atom stereocenters. The van der Waals surface area contributed by atoms with Crippen LogP contribution in [-0.2, 0) is 11.2 Å². The summed E-state index contributed by atoms with van der Waals surface area (Å²) in [5.41, 5.74) is 1.82. The second-order valence-electron chi connectivity index (χ2n) is 7.66. The number of rotatable bonds is 5. The van der Waals surface area contributed by atoms with E-state index in [-0.39, 0.29) is 11.7 Å².